The third-order valence-corrected chi connectivity index (χ3v) is 2.20. The molecular formula is C8H9NO2S2. The van der Waals surface area contributed by atoms with E-state index in [4.69, 9.17) is 5.11 Å². The van der Waals surface area contributed by atoms with Crippen molar-refractivity contribution in [2.75, 3.05) is 0 Å². The van der Waals surface area contributed by atoms with Crippen molar-refractivity contribution in [3.05, 3.63) is 30.1 Å². The Morgan fingerprint density at radius 3 is 2.69 bits per heavy atom. The first-order valence-corrected chi connectivity index (χ1v) is 4.50. The lowest BCUT2D eigenvalue weighted by atomic mass is 10.2. The Morgan fingerprint density at radius 2 is 2.23 bits per heavy atom. The first-order chi connectivity index (χ1) is 6.02. The van der Waals surface area contributed by atoms with Crippen LogP contribution in [-0.4, -0.2) is 20.1 Å². The summed E-state index contributed by atoms with van der Waals surface area (Å²) in [5.74, 6) is -1.06. The largest absolute Gasteiger partial charge is 0.480 e. The molecule has 0 saturated heterocycles. The van der Waals surface area contributed by atoms with E-state index in [1.165, 1.54) is 0 Å². The molecule has 0 fully saturated rings. The molecule has 0 amide bonds. The summed E-state index contributed by atoms with van der Waals surface area (Å²) in [6, 6.07) is 5.30. The second-order valence-corrected chi connectivity index (χ2v) is 4.50. The molecule has 0 atom stereocenters. The number of carboxylic acids is 1. The lowest BCUT2D eigenvalue weighted by Crippen LogP contribution is -2.28. The second-order valence-electron chi connectivity index (χ2n) is 2.62. The third kappa shape index (κ3) is 2.93. The third-order valence-electron chi connectivity index (χ3n) is 1.50. The zero-order valence-electron chi connectivity index (χ0n) is 6.71. The summed E-state index contributed by atoms with van der Waals surface area (Å²) in [6.45, 7) is 0. The van der Waals surface area contributed by atoms with Gasteiger partial charge in [0, 0.05) is 18.3 Å². The quantitative estimate of drug-likeness (QED) is 0.525. The van der Waals surface area contributed by atoms with Gasteiger partial charge in [0.25, 0.3) is 0 Å². The maximum Gasteiger partial charge on any atom is 0.329 e. The van der Waals surface area contributed by atoms with Crippen LogP contribution in [0.5, 0.6) is 0 Å². The number of hydrogen-bond acceptors (Lipinski definition) is 4. The minimum Gasteiger partial charge on any atom is -0.480 e. The zero-order chi connectivity index (χ0) is 9.90. The maximum absolute atomic E-state index is 10.6. The smallest absolute Gasteiger partial charge is 0.329 e. The van der Waals surface area contributed by atoms with Gasteiger partial charge in [0.15, 0.2) is 4.08 Å². The van der Waals surface area contributed by atoms with Crippen LogP contribution in [0.25, 0.3) is 0 Å². The van der Waals surface area contributed by atoms with Crippen LogP contribution < -0.4 is 0 Å². The van der Waals surface area contributed by atoms with Gasteiger partial charge in [0.2, 0.25) is 0 Å². The summed E-state index contributed by atoms with van der Waals surface area (Å²) in [6.07, 6.45) is 1.80. The van der Waals surface area contributed by atoms with Crippen molar-refractivity contribution in [1.82, 2.24) is 4.98 Å². The fraction of sp³-hybridized carbons (Fsp3) is 0.250. The van der Waals surface area contributed by atoms with Crippen LogP contribution in [0.3, 0.4) is 0 Å². The molecule has 1 aromatic rings. The molecule has 0 saturated carbocycles. The van der Waals surface area contributed by atoms with E-state index >= 15 is 0 Å². The Bertz CT molecular complexity index is 300. The minimum atomic E-state index is -1.35. The van der Waals surface area contributed by atoms with Crippen molar-refractivity contribution in [3.63, 3.8) is 0 Å². The highest BCUT2D eigenvalue weighted by Gasteiger charge is 2.30. The molecule has 1 heterocycles. The van der Waals surface area contributed by atoms with E-state index < -0.39 is 10.0 Å². The number of carboxylic acid groups (broad SMARTS) is 1. The number of rotatable bonds is 3. The highest BCUT2D eigenvalue weighted by molar-refractivity contribution is 8.01. The molecule has 0 aliphatic heterocycles. The SMILES string of the molecule is O=C(O)C(S)(S)Cc1ccccn1. The number of nitrogens with zero attached hydrogens (tertiary/aromatic N) is 1. The molecule has 1 N–H and O–H groups in total. The molecule has 1 aromatic heterocycles. The molecule has 5 heteroatoms. The van der Waals surface area contributed by atoms with Crippen molar-refractivity contribution < 1.29 is 9.90 Å². The molecule has 0 spiro atoms. The van der Waals surface area contributed by atoms with Crippen molar-refractivity contribution in [2.24, 2.45) is 0 Å². The number of aromatic nitrogens is 1. The number of pyridine rings is 1. The average Bonchev–Trinajstić information content (AvgIpc) is 2.05. The van der Waals surface area contributed by atoms with E-state index in [0.29, 0.717) is 5.69 Å². The minimum absolute atomic E-state index is 0.190. The Morgan fingerprint density at radius 1 is 1.54 bits per heavy atom. The number of thiol groups is 2. The van der Waals surface area contributed by atoms with Crippen LogP contribution >= 0.6 is 25.3 Å². The second kappa shape index (κ2) is 4.02. The monoisotopic (exact) mass is 215 g/mol. The fourth-order valence-corrected chi connectivity index (χ4v) is 1.15. The predicted molar refractivity (Wildman–Crippen MR) is 56.3 cm³/mol. The highest BCUT2D eigenvalue weighted by atomic mass is 32.2. The van der Waals surface area contributed by atoms with Gasteiger partial charge in [-0.15, -0.1) is 25.3 Å². The summed E-state index contributed by atoms with van der Waals surface area (Å²) in [5.41, 5.74) is 0.662. The normalized spacial score (nSPS) is 11.2. The molecule has 3 nitrogen and oxygen atoms in total. The van der Waals surface area contributed by atoms with Crippen LogP contribution in [0.4, 0.5) is 0 Å². The molecule has 70 valence electrons. The van der Waals surface area contributed by atoms with Crippen molar-refractivity contribution in [3.8, 4) is 0 Å². The summed E-state index contributed by atoms with van der Waals surface area (Å²) in [7, 11) is 0. The van der Waals surface area contributed by atoms with E-state index in [-0.39, 0.29) is 6.42 Å². The van der Waals surface area contributed by atoms with E-state index in [9.17, 15) is 4.79 Å². The molecule has 1 rings (SSSR count). The Hall–Kier alpha value is -0.680. The topological polar surface area (TPSA) is 50.2 Å². The lowest BCUT2D eigenvalue weighted by molar-refractivity contribution is -0.137. The molecule has 13 heavy (non-hydrogen) atoms. The molecule has 0 bridgehead atoms. The van der Waals surface area contributed by atoms with E-state index in [1.54, 1.807) is 24.4 Å². The van der Waals surface area contributed by atoms with E-state index in [0.717, 1.165) is 0 Å². The van der Waals surface area contributed by atoms with Gasteiger partial charge < -0.3 is 5.11 Å². The average molecular weight is 215 g/mol. The Labute approximate surface area is 87.0 Å². The molecule has 0 aliphatic rings. The van der Waals surface area contributed by atoms with Crippen LogP contribution in [0.1, 0.15) is 5.69 Å². The van der Waals surface area contributed by atoms with Crippen LogP contribution in [-0.2, 0) is 11.2 Å². The summed E-state index contributed by atoms with van der Waals surface area (Å²) in [5, 5.41) is 8.72. The van der Waals surface area contributed by atoms with Crippen LogP contribution in [0.15, 0.2) is 24.4 Å². The van der Waals surface area contributed by atoms with Gasteiger partial charge >= 0.3 is 5.97 Å². The van der Waals surface area contributed by atoms with E-state index in [2.05, 4.69) is 30.2 Å². The number of carbonyl (C=O) groups is 1. The van der Waals surface area contributed by atoms with Gasteiger partial charge in [-0.1, -0.05) is 6.07 Å². The van der Waals surface area contributed by atoms with Gasteiger partial charge in [-0.2, -0.15) is 0 Å². The molecule has 0 aromatic carbocycles. The fourth-order valence-electron chi connectivity index (χ4n) is 0.831. The highest BCUT2D eigenvalue weighted by Crippen LogP contribution is 2.24. The summed E-state index contributed by atoms with van der Waals surface area (Å²) >= 11 is 7.84. The van der Waals surface area contributed by atoms with Gasteiger partial charge in [-0.05, 0) is 12.1 Å². The number of aliphatic carboxylic acids is 1. The van der Waals surface area contributed by atoms with Gasteiger partial charge in [0.05, 0.1) is 0 Å². The summed E-state index contributed by atoms with van der Waals surface area (Å²) < 4.78 is -1.35. The first-order valence-electron chi connectivity index (χ1n) is 3.60. The standard InChI is InChI=1S/C8H9NO2S2/c10-7(11)8(12,13)5-6-3-1-2-4-9-6/h1-4,12-13H,5H2,(H,10,11). The van der Waals surface area contributed by atoms with Crippen LogP contribution in [0.2, 0.25) is 0 Å². The van der Waals surface area contributed by atoms with Crippen molar-refractivity contribution in [1.29, 1.82) is 0 Å². The number of hydrogen-bond donors (Lipinski definition) is 3. The predicted octanol–water partition coefficient (Wildman–Crippen LogP) is 1.26. The van der Waals surface area contributed by atoms with Gasteiger partial charge in [-0.3, -0.25) is 4.98 Å². The lowest BCUT2D eigenvalue weighted by Gasteiger charge is -2.15. The first kappa shape index (κ1) is 10.4. The van der Waals surface area contributed by atoms with Gasteiger partial charge in [0.1, 0.15) is 0 Å². The molecule has 0 unspecified atom stereocenters. The Kier molecular flexibility index (Phi) is 3.22. The molecule has 0 aliphatic carbocycles. The Balaban J connectivity index is 2.75. The van der Waals surface area contributed by atoms with E-state index in [1.807, 2.05) is 0 Å². The van der Waals surface area contributed by atoms with Gasteiger partial charge in [-0.25, -0.2) is 4.79 Å². The molecule has 0 radical (unpaired) electrons. The van der Waals surface area contributed by atoms with Crippen molar-refractivity contribution in [2.45, 2.75) is 10.5 Å². The molecular weight excluding hydrogens is 206 g/mol. The maximum atomic E-state index is 10.6. The zero-order valence-corrected chi connectivity index (χ0v) is 8.50. The van der Waals surface area contributed by atoms with Crippen LogP contribution in [0, 0.1) is 0 Å². The summed E-state index contributed by atoms with van der Waals surface area (Å²) in [4.78, 5) is 14.6. The van der Waals surface area contributed by atoms with Crippen molar-refractivity contribution >= 4 is 31.2 Å².